The lowest BCUT2D eigenvalue weighted by Gasteiger charge is -2.23. The van der Waals surface area contributed by atoms with Crippen LogP contribution in [-0.4, -0.2) is 39.8 Å². The minimum absolute atomic E-state index is 0.0908. The molecule has 0 saturated heterocycles. The van der Waals surface area contributed by atoms with Gasteiger partial charge in [-0.05, 0) is 23.3 Å². The Bertz CT molecular complexity index is 1100. The number of benzene rings is 3. The number of fused-ring (bicyclic) bond motifs is 1. The summed E-state index contributed by atoms with van der Waals surface area (Å²) in [7, 11) is 1.69. The Hall–Kier alpha value is -3.09. The molecule has 1 heterocycles. The van der Waals surface area contributed by atoms with Crippen molar-refractivity contribution in [3.05, 3.63) is 96.1 Å². The Morgan fingerprint density at radius 3 is 2.12 bits per heavy atom. The molecule has 1 aromatic heterocycles. The van der Waals surface area contributed by atoms with Crippen LogP contribution in [0.1, 0.15) is 11.1 Å². The third-order valence-corrected chi connectivity index (χ3v) is 6.21. The van der Waals surface area contributed by atoms with E-state index in [1.807, 2.05) is 59.5 Å². The number of carbonyl (C=O) groups is 1. The fourth-order valence-corrected chi connectivity index (χ4v) is 4.56. The summed E-state index contributed by atoms with van der Waals surface area (Å²) in [4.78, 5) is 20.0. The molecule has 0 fully saturated rings. The topological polar surface area (TPSA) is 47.4 Å². The lowest BCUT2D eigenvalue weighted by molar-refractivity contribution is -0.129. The first-order valence-electron chi connectivity index (χ1n) is 10.7. The summed E-state index contributed by atoms with van der Waals surface area (Å²) in [6.07, 6.45) is 0. The van der Waals surface area contributed by atoms with Crippen molar-refractivity contribution in [1.82, 2.24) is 14.5 Å². The van der Waals surface area contributed by atoms with Crippen molar-refractivity contribution in [2.45, 2.75) is 24.8 Å². The average molecular weight is 446 g/mol. The zero-order valence-electron chi connectivity index (χ0n) is 18.2. The van der Waals surface area contributed by atoms with Gasteiger partial charge in [-0.15, -0.1) is 0 Å². The van der Waals surface area contributed by atoms with Crippen LogP contribution in [0.15, 0.2) is 90.1 Å². The van der Waals surface area contributed by atoms with Crippen LogP contribution in [0.2, 0.25) is 0 Å². The first-order valence-corrected chi connectivity index (χ1v) is 11.7. The first-order chi connectivity index (χ1) is 15.7. The molecule has 0 spiro atoms. The van der Waals surface area contributed by atoms with E-state index in [0.717, 1.165) is 27.3 Å². The van der Waals surface area contributed by atoms with Crippen molar-refractivity contribution in [1.29, 1.82) is 0 Å². The number of rotatable bonds is 10. The maximum atomic E-state index is 13.3. The van der Waals surface area contributed by atoms with E-state index >= 15 is 0 Å². The van der Waals surface area contributed by atoms with E-state index in [9.17, 15) is 4.79 Å². The van der Waals surface area contributed by atoms with E-state index in [1.165, 1.54) is 11.8 Å². The summed E-state index contributed by atoms with van der Waals surface area (Å²) < 4.78 is 7.42. The summed E-state index contributed by atoms with van der Waals surface area (Å²) in [5.74, 6) is 0.420. The zero-order chi connectivity index (χ0) is 22.2. The van der Waals surface area contributed by atoms with Gasteiger partial charge in [0, 0.05) is 26.7 Å². The van der Waals surface area contributed by atoms with Crippen molar-refractivity contribution in [2.24, 2.45) is 0 Å². The number of nitrogens with zero attached hydrogens (tertiary/aromatic N) is 3. The maximum Gasteiger partial charge on any atom is 0.233 e. The van der Waals surface area contributed by atoms with E-state index in [4.69, 9.17) is 9.72 Å². The van der Waals surface area contributed by atoms with Crippen molar-refractivity contribution < 1.29 is 9.53 Å². The van der Waals surface area contributed by atoms with Gasteiger partial charge in [0.1, 0.15) is 0 Å². The van der Waals surface area contributed by atoms with Crippen molar-refractivity contribution in [3.8, 4) is 0 Å². The molecule has 4 rings (SSSR count). The SMILES string of the molecule is COCCn1c(SCC(=O)N(Cc2ccccc2)Cc2ccccc2)nc2ccccc21. The third kappa shape index (κ3) is 5.58. The quantitative estimate of drug-likeness (QED) is 0.322. The normalized spacial score (nSPS) is 11.0. The summed E-state index contributed by atoms with van der Waals surface area (Å²) in [6.45, 7) is 2.45. The molecule has 4 aromatic rings. The van der Waals surface area contributed by atoms with Gasteiger partial charge in [0.25, 0.3) is 0 Å². The number of imidazole rings is 1. The number of hydrogen-bond donors (Lipinski definition) is 0. The highest BCUT2D eigenvalue weighted by Crippen LogP contribution is 2.25. The summed E-state index contributed by atoms with van der Waals surface area (Å²) in [5, 5.41) is 0.843. The fraction of sp³-hybridized carbons (Fsp3) is 0.231. The van der Waals surface area contributed by atoms with E-state index in [-0.39, 0.29) is 5.91 Å². The predicted molar refractivity (Wildman–Crippen MR) is 129 cm³/mol. The van der Waals surface area contributed by atoms with Crippen LogP contribution in [0.4, 0.5) is 0 Å². The molecule has 0 saturated carbocycles. The minimum Gasteiger partial charge on any atom is -0.383 e. The van der Waals surface area contributed by atoms with Gasteiger partial charge in [0.05, 0.1) is 23.4 Å². The maximum absolute atomic E-state index is 13.3. The number of ether oxygens (including phenoxy) is 1. The van der Waals surface area contributed by atoms with Crippen LogP contribution in [-0.2, 0) is 29.2 Å². The van der Waals surface area contributed by atoms with Gasteiger partial charge in [0.15, 0.2) is 5.16 Å². The smallest absolute Gasteiger partial charge is 0.233 e. The molecule has 0 aliphatic carbocycles. The summed E-state index contributed by atoms with van der Waals surface area (Å²) in [6, 6.07) is 28.3. The molecule has 6 heteroatoms. The molecule has 32 heavy (non-hydrogen) atoms. The molecule has 164 valence electrons. The highest BCUT2D eigenvalue weighted by atomic mass is 32.2. The molecule has 0 aliphatic heterocycles. The van der Waals surface area contributed by atoms with Crippen molar-refractivity contribution in [3.63, 3.8) is 0 Å². The summed E-state index contributed by atoms with van der Waals surface area (Å²) >= 11 is 1.49. The number of hydrogen-bond acceptors (Lipinski definition) is 4. The Balaban J connectivity index is 1.51. The lowest BCUT2D eigenvalue weighted by Crippen LogP contribution is -2.31. The van der Waals surface area contributed by atoms with E-state index in [1.54, 1.807) is 7.11 Å². The number of para-hydroxylation sites is 2. The molecule has 5 nitrogen and oxygen atoms in total. The second kappa shape index (κ2) is 11.0. The van der Waals surface area contributed by atoms with Gasteiger partial charge in [-0.3, -0.25) is 4.79 Å². The lowest BCUT2D eigenvalue weighted by atomic mass is 10.1. The Kier molecular flexibility index (Phi) is 7.59. The molecular formula is C26H27N3O2S. The molecule has 0 atom stereocenters. The largest absolute Gasteiger partial charge is 0.383 e. The standard InChI is InChI=1S/C26H27N3O2S/c1-31-17-16-29-24-15-9-8-14-23(24)27-26(29)32-20-25(30)28(18-21-10-4-2-5-11-21)19-22-12-6-3-7-13-22/h2-15H,16-20H2,1H3. The van der Waals surface area contributed by atoms with Crippen LogP contribution in [0.5, 0.6) is 0 Å². The second-order valence-corrected chi connectivity index (χ2v) is 8.48. The van der Waals surface area contributed by atoms with Gasteiger partial charge in [-0.2, -0.15) is 0 Å². The molecule has 0 N–H and O–H groups in total. The van der Waals surface area contributed by atoms with Crippen molar-refractivity contribution in [2.75, 3.05) is 19.5 Å². The monoisotopic (exact) mass is 445 g/mol. The number of carbonyl (C=O) groups excluding carboxylic acids is 1. The molecule has 0 unspecified atom stereocenters. The number of amides is 1. The highest BCUT2D eigenvalue weighted by molar-refractivity contribution is 7.99. The van der Waals surface area contributed by atoms with Crippen LogP contribution < -0.4 is 0 Å². The molecular weight excluding hydrogens is 418 g/mol. The van der Waals surface area contributed by atoms with E-state index in [2.05, 4.69) is 34.9 Å². The number of methoxy groups -OCH3 is 1. The Morgan fingerprint density at radius 2 is 1.50 bits per heavy atom. The zero-order valence-corrected chi connectivity index (χ0v) is 19.0. The molecule has 3 aromatic carbocycles. The Morgan fingerprint density at radius 1 is 0.906 bits per heavy atom. The van der Waals surface area contributed by atoms with Crippen molar-refractivity contribution >= 4 is 28.7 Å². The van der Waals surface area contributed by atoms with Gasteiger partial charge < -0.3 is 14.2 Å². The third-order valence-electron chi connectivity index (χ3n) is 5.25. The second-order valence-electron chi connectivity index (χ2n) is 7.54. The van der Waals surface area contributed by atoms with Crippen LogP contribution >= 0.6 is 11.8 Å². The molecule has 0 bridgehead atoms. The van der Waals surface area contributed by atoms with Crippen LogP contribution in [0.25, 0.3) is 11.0 Å². The first kappa shape index (κ1) is 22.1. The van der Waals surface area contributed by atoms with Crippen LogP contribution in [0, 0.1) is 0 Å². The molecule has 0 aliphatic rings. The minimum atomic E-state index is 0.0908. The fourth-order valence-electron chi connectivity index (χ4n) is 3.62. The Labute approximate surface area is 193 Å². The average Bonchev–Trinajstić information content (AvgIpc) is 3.19. The van der Waals surface area contributed by atoms with E-state index < -0.39 is 0 Å². The van der Waals surface area contributed by atoms with Gasteiger partial charge in [-0.25, -0.2) is 4.98 Å². The van der Waals surface area contributed by atoms with Gasteiger partial charge in [-0.1, -0.05) is 84.6 Å². The summed E-state index contributed by atoms with van der Waals surface area (Å²) in [5.41, 5.74) is 4.23. The predicted octanol–water partition coefficient (Wildman–Crippen LogP) is 5.00. The molecule has 0 radical (unpaired) electrons. The molecule has 1 amide bonds. The van der Waals surface area contributed by atoms with Gasteiger partial charge in [0.2, 0.25) is 5.91 Å². The van der Waals surface area contributed by atoms with Gasteiger partial charge >= 0.3 is 0 Å². The highest BCUT2D eigenvalue weighted by Gasteiger charge is 2.18. The number of thioether (sulfide) groups is 1. The van der Waals surface area contributed by atoms with E-state index in [0.29, 0.717) is 32.0 Å². The number of aromatic nitrogens is 2. The van der Waals surface area contributed by atoms with Crippen LogP contribution in [0.3, 0.4) is 0 Å².